The summed E-state index contributed by atoms with van der Waals surface area (Å²) in [7, 11) is 0. The van der Waals surface area contributed by atoms with Crippen LogP contribution in [0.4, 0.5) is 23.4 Å². The molecule has 4 rings (SSSR count). The lowest BCUT2D eigenvalue weighted by molar-refractivity contribution is 0.102. The van der Waals surface area contributed by atoms with Gasteiger partial charge in [0.25, 0.3) is 18.8 Å². The molecule has 0 aliphatic heterocycles. The van der Waals surface area contributed by atoms with E-state index < -0.39 is 30.1 Å². The van der Waals surface area contributed by atoms with Crippen LogP contribution in [0.25, 0.3) is 5.65 Å². The van der Waals surface area contributed by atoms with E-state index in [0.717, 1.165) is 11.6 Å². The zero-order valence-electron chi connectivity index (χ0n) is 15.5. The van der Waals surface area contributed by atoms with E-state index in [1.165, 1.54) is 0 Å². The van der Waals surface area contributed by atoms with Crippen molar-refractivity contribution in [3.63, 3.8) is 0 Å². The van der Waals surface area contributed by atoms with Crippen LogP contribution in [0.15, 0.2) is 48.7 Å². The molecule has 0 unspecified atom stereocenters. The number of hydrogen-bond donors (Lipinski definition) is 1. The molecule has 0 atom stereocenters. The number of halogens is 5. The molecule has 7 nitrogen and oxygen atoms in total. The lowest BCUT2D eigenvalue weighted by Crippen LogP contribution is -2.14. The van der Waals surface area contributed by atoms with E-state index in [2.05, 4.69) is 20.5 Å². The first-order valence-electron chi connectivity index (χ1n) is 8.86. The molecule has 160 valence electrons. The van der Waals surface area contributed by atoms with Crippen molar-refractivity contribution in [3.8, 4) is 0 Å². The Hall–Kier alpha value is -3.47. The molecular weight excluding hydrogens is 440 g/mol. The minimum Gasteiger partial charge on any atom is -0.304 e. The quantitative estimate of drug-likeness (QED) is 0.428. The molecule has 0 saturated carbocycles. The summed E-state index contributed by atoms with van der Waals surface area (Å²) in [4.78, 5) is 16.1. The van der Waals surface area contributed by atoms with Gasteiger partial charge in [-0.05, 0) is 23.8 Å². The van der Waals surface area contributed by atoms with Crippen molar-refractivity contribution in [3.05, 3.63) is 76.3 Å². The fourth-order valence-corrected chi connectivity index (χ4v) is 3.00. The molecule has 1 N–H and O–H groups in total. The van der Waals surface area contributed by atoms with Crippen molar-refractivity contribution < 1.29 is 22.4 Å². The molecule has 1 amide bonds. The monoisotopic (exact) mass is 452 g/mol. The smallest absolute Gasteiger partial charge is 0.280 e. The first kappa shape index (κ1) is 20.8. The van der Waals surface area contributed by atoms with Gasteiger partial charge in [-0.1, -0.05) is 23.7 Å². The number of fused-ring (bicyclic) bond motifs is 1. The lowest BCUT2D eigenvalue weighted by atomic mass is 10.2. The molecule has 12 heteroatoms. The lowest BCUT2D eigenvalue weighted by Gasteiger charge is -2.06. The van der Waals surface area contributed by atoms with Gasteiger partial charge in [-0.2, -0.15) is 10.2 Å². The average molecular weight is 453 g/mol. The van der Waals surface area contributed by atoms with Crippen LogP contribution in [0.1, 0.15) is 40.3 Å². The summed E-state index contributed by atoms with van der Waals surface area (Å²) in [6, 6.07) is 10.3. The summed E-state index contributed by atoms with van der Waals surface area (Å²) in [5.74, 6) is -0.549. The number of amides is 1. The molecule has 0 aliphatic carbocycles. The summed E-state index contributed by atoms with van der Waals surface area (Å²) < 4.78 is 54.6. The fourth-order valence-electron chi connectivity index (χ4n) is 2.87. The molecule has 4 aromatic rings. The third kappa shape index (κ3) is 4.50. The van der Waals surface area contributed by atoms with Gasteiger partial charge in [-0.3, -0.25) is 9.48 Å². The minimum absolute atomic E-state index is 0.200. The summed E-state index contributed by atoms with van der Waals surface area (Å²) in [6.45, 7) is 0.430. The topological polar surface area (TPSA) is 77.1 Å². The predicted molar refractivity (Wildman–Crippen MR) is 104 cm³/mol. The van der Waals surface area contributed by atoms with Gasteiger partial charge in [0.15, 0.2) is 17.2 Å². The molecule has 0 saturated heterocycles. The maximum Gasteiger partial charge on any atom is 0.280 e. The number of hydrogen-bond acceptors (Lipinski definition) is 4. The van der Waals surface area contributed by atoms with Crippen molar-refractivity contribution >= 4 is 29.0 Å². The molecule has 0 spiro atoms. The highest BCUT2D eigenvalue weighted by Gasteiger charge is 2.22. The number of rotatable bonds is 6. The molecule has 1 aromatic carbocycles. The van der Waals surface area contributed by atoms with E-state index in [4.69, 9.17) is 11.6 Å². The number of carbonyl (C=O) groups excluding carboxylic acids is 1. The molecule has 0 aliphatic rings. The number of benzene rings is 1. The number of carbonyl (C=O) groups is 1. The van der Waals surface area contributed by atoms with Crippen molar-refractivity contribution in [2.24, 2.45) is 0 Å². The maximum atomic E-state index is 13.2. The second-order valence-electron chi connectivity index (χ2n) is 6.49. The predicted octanol–water partition coefficient (Wildman–Crippen LogP) is 4.76. The zero-order valence-corrected chi connectivity index (χ0v) is 16.3. The summed E-state index contributed by atoms with van der Waals surface area (Å²) in [5, 5.41) is 11.1. The number of alkyl halides is 4. The van der Waals surface area contributed by atoms with Crippen molar-refractivity contribution in [2.75, 3.05) is 5.32 Å². The highest BCUT2D eigenvalue weighted by Crippen LogP contribution is 2.25. The van der Waals surface area contributed by atoms with Crippen LogP contribution in [0.5, 0.6) is 0 Å². The molecule has 0 radical (unpaired) electrons. The van der Waals surface area contributed by atoms with Crippen molar-refractivity contribution in [1.82, 2.24) is 24.4 Å². The summed E-state index contributed by atoms with van der Waals surface area (Å²) in [6.07, 6.45) is -4.49. The van der Waals surface area contributed by atoms with Gasteiger partial charge in [0.1, 0.15) is 11.4 Å². The van der Waals surface area contributed by atoms with Gasteiger partial charge < -0.3 is 5.32 Å². The Labute approximate surface area is 177 Å². The van der Waals surface area contributed by atoms with E-state index in [0.29, 0.717) is 22.1 Å². The minimum atomic E-state index is -3.08. The highest BCUT2D eigenvalue weighted by molar-refractivity contribution is 6.30. The Morgan fingerprint density at radius 3 is 2.45 bits per heavy atom. The normalized spacial score (nSPS) is 11.6. The van der Waals surface area contributed by atoms with Gasteiger partial charge in [-0.25, -0.2) is 27.1 Å². The van der Waals surface area contributed by atoms with Gasteiger partial charge in [0.2, 0.25) is 0 Å². The van der Waals surface area contributed by atoms with Crippen LogP contribution in [-0.4, -0.2) is 30.3 Å². The van der Waals surface area contributed by atoms with Crippen LogP contribution < -0.4 is 5.32 Å². The molecule has 0 bridgehead atoms. The second kappa shape index (κ2) is 8.34. The third-order valence-electron chi connectivity index (χ3n) is 4.29. The molecular formula is C19H13ClF4N6O. The Bertz CT molecular complexity index is 1240. The Morgan fingerprint density at radius 2 is 1.77 bits per heavy atom. The second-order valence-corrected chi connectivity index (χ2v) is 6.92. The van der Waals surface area contributed by atoms with Gasteiger partial charge in [-0.15, -0.1) is 0 Å². The number of aromatic nitrogens is 5. The van der Waals surface area contributed by atoms with Crippen molar-refractivity contribution in [2.45, 2.75) is 19.4 Å². The summed E-state index contributed by atoms with van der Waals surface area (Å²) >= 11 is 5.85. The molecule has 31 heavy (non-hydrogen) atoms. The zero-order chi connectivity index (χ0) is 22.1. The van der Waals surface area contributed by atoms with E-state index in [-0.39, 0.29) is 17.2 Å². The Balaban J connectivity index is 1.54. The van der Waals surface area contributed by atoms with Crippen LogP contribution in [0.3, 0.4) is 0 Å². The average Bonchev–Trinajstić information content (AvgIpc) is 3.35. The largest absolute Gasteiger partial charge is 0.304 e. The van der Waals surface area contributed by atoms with E-state index >= 15 is 0 Å². The van der Waals surface area contributed by atoms with Gasteiger partial charge in [0.05, 0.1) is 6.54 Å². The standard InChI is InChI=1S/C19H13ClF4N6O/c20-11-3-1-10(2-4-11)9-29-6-5-15(28-29)26-19(31)13-8-16-25-12(17(21)22)7-14(18(23)24)30(16)27-13/h1-8,17-18H,9H2,(H,26,28,31). The molecule has 0 fully saturated rings. The number of anilines is 1. The first-order valence-corrected chi connectivity index (χ1v) is 9.24. The third-order valence-corrected chi connectivity index (χ3v) is 4.55. The van der Waals surface area contributed by atoms with Crippen LogP contribution in [0, 0.1) is 0 Å². The maximum absolute atomic E-state index is 13.2. The summed E-state index contributed by atoms with van der Waals surface area (Å²) in [5.41, 5.74) is -1.23. The van der Waals surface area contributed by atoms with Crippen LogP contribution >= 0.6 is 11.6 Å². The fraction of sp³-hybridized carbons (Fsp3) is 0.158. The van der Waals surface area contributed by atoms with Crippen molar-refractivity contribution in [1.29, 1.82) is 0 Å². The SMILES string of the molecule is O=C(Nc1ccn(Cc2ccc(Cl)cc2)n1)c1cc2nc(C(F)F)cc(C(F)F)n2n1. The first-order chi connectivity index (χ1) is 14.8. The molecule has 3 aromatic heterocycles. The van der Waals surface area contributed by atoms with E-state index in [1.54, 1.807) is 29.1 Å². The van der Waals surface area contributed by atoms with E-state index in [1.807, 2.05) is 12.1 Å². The van der Waals surface area contributed by atoms with Gasteiger partial charge >= 0.3 is 0 Å². The van der Waals surface area contributed by atoms with Gasteiger partial charge in [0, 0.05) is 23.4 Å². The van der Waals surface area contributed by atoms with Crippen LogP contribution in [0.2, 0.25) is 5.02 Å². The molecule has 3 heterocycles. The highest BCUT2D eigenvalue weighted by atomic mass is 35.5. The Kier molecular flexibility index (Phi) is 5.59. The van der Waals surface area contributed by atoms with E-state index in [9.17, 15) is 22.4 Å². The number of nitrogens with zero attached hydrogens (tertiary/aromatic N) is 5. The number of nitrogens with one attached hydrogen (secondary N) is 1. The van der Waals surface area contributed by atoms with Crippen LogP contribution in [-0.2, 0) is 6.54 Å². The Morgan fingerprint density at radius 1 is 1.03 bits per heavy atom.